The molecule has 8 nitrogen and oxygen atoms in total. The van der Waals surface area contributed by atoms with E-state index in [9.17, 15) is 14.7 Å². The number of amides is 2. The van der Waals surface area contributed by atoms with Gasteiger partial charge in [-0.1, -0.05) is 42.5 Å². The highest BCUT2D eigenvalue weighted by Crippen LogP contribution is 2.35. The standard InChI is InChI=1S/C41H41FN4O4/c1-28-24-30-8-6-7-9-31(30)27-45(28)40(48)36-17-12-32(42)25-38(36)39-26-37(29(2)44(39)19-18-43-20-22-50-23-21-43)41(49)46(33-10-4-3-5-11-33)34-13-15-35(47)16-14-34/h3-17,25-26,28,47H,18-24,27H2,1-2H3/t28-/m1/s1. The van der Waals surface area contributed by atoms with Gasteiger partial charge < -0.3 is 19.3 Å². The zero-order chi connectivity index (χ0) is 34.8. The molecule has 0 unspecified atom stereocenters. The van der Waals surface area contributed by atoms with Gasteiger partial charge in [0.2, 0.25) is 0 Å². The van der Waals surface area contributed by atoms with E-state index in [-0.39, 0.29) is 23.6 Å². The Balaban J connectivity index is 1.33. The van der Waals surface area contributed by atoms with Gasteiger partial charge in [-0.25, -0.2) is 4.39 Å². The van der Waals surface area contributed by atoms with Gasteiger partial charge in [0.1, 0.15) is 11.6 Å². The molecule has 9 heteroatoms. The lowest BCUT2D eigenvalue weighted by Gasteiger charge is -2.35. The molecule has 1 saturated heterocycles. The lowest BCUT2D eigenvalue weighted by atomic mass is 9.93. The van der Waals surface area contributed by atoms with Gasteiger partial charge >= 0.3 is 0 Å². The Kier molecular flexibility index (Phi) is 9.52. The Morgan fingerprint density at radius 2 is 1.52 bits per heavy atom. The van der Waals surface area contributed by atoms with Crippen LogP contribution >= 0.6 is 0 Å². The number of fused-ring (bicyclic) bond motifs is 1. The molecule has 0 radical (unpaired) electrons. The largest absolute Gasteiger partial charge is 0.508 e. The molecule has 50 heavy (non-hydrogen) atoms. The summed E-state index contributed by atoms with van der Waals surface area (Å²) in [5, 5.41) is 10.0. The van der Waals surface area contributed by atoms with Crippen LogP contribution < -0.4 is 4.90 Å². The van der Waals surface area contributed by atoms with Crippen LogP contribution in [-0.4, -0.2) is 70.2 Å². The Bertz CT molecular complexity index is 2000. The summed E-state index contributed by atoms with van der Waals surface area (Å²) in [6.45, 7) is 8.52. The van der Waals surface area contributed by atoms with Gasteiger partial charge in [0.25, 0.3) is 11.8 Å². The fourth-order valence-electron chi connectivity index (χ4n) is 7.14. The molecule has 1 aromatic heterocycles. The number of carbonyl (C=O) groups excluding carboxylic acids is 2. The van der Waals surface area contributed by atoms with E-state index >= 15 is 4.39 Å². The highest BCUT2D eigenvalue weighted by molar-refractivity contribution is 6.12. The molecule has 2 amide bonds. The first-order chi connectivity index (χ1) is 24.3. The summed E-state index contributed by atoms with van der Waals surface area (Å²) in [6, 6.07) is 30.1. The SMILES string of the molecule is Cc1c(C(=O)N(c2ccccc2)c2ccc(O)cc2)cc(-c2cc(F)ccc2C(=O)N2Cc3ccccc3C[C@H]2C)n1CCN1CCOCC1. The van der Waals surface area contributed by atoms with E-state index in [2.05, 4.69) is 17.0 Å². The van der Waals surface area contributed by atoms with Crippen molar-refractivity contribution in [3.8, 4) is 17.0 Å². The number of phenolic OH excluding ortho intramolecular Hbond substituents is 1. The maximum atomic E-state index is 15.2. The number of aromatic nitrogens is 1. The number of hydrogen-bond donors (Lipinski definition) is 1. The van der Waals surface area contributed by atoms with Gasteiger partial charge in [-0.3, -0.25) is 19.4 Å². The predicted molar refractivity (Wildman–Crippen MR) is 192 cm³/mol. The van der Waals surface area contributed by atoms with Crippen molar-refractivity contribution in [2.75, 3.05) is 37.7 Å². The number of hydrogen-bond acceptors (Lipinski definition) is 5. The lowest BCUT2D eigenvalue weighted by molar-refractivity contribution is 0.0364. The van der Waals surface area contributed by atoms with Crippen molar-refractivity contribution < 1.29 is 23.8 Å². The van der Waals surface area contributed by atoms with E-state index < -0.39 is 5.82 Å². The number of morpholine rings is 1. The second kappa shape index (κ2) is 14.3. The summed E-state index contributed by atoms with van der Waals surface area (Å²) in [5.74, 6) is -0.827. The second-order valence-corrected chi connectivity index (χ2v) is 13.1. The number of halogens is 1. The lowest BCUT2D eigenvalue weighted by Crippen LogP contribution is -2.42. The van der Waals surface area contributed by atoms with Gasteiger partial charge in [0, 0.05) is 72.7 Å². The molecule has 7 rings (SSSR count). The highest BCUT2D eigenvalue weighted by Gasteiger charge is 2.31. The van der Waals surface area contributed by atoms with Crippen LogP contribution in [0.2, 0.25) is 0 Å². The molecule has 0 aliphatic carbocycles. The van der Waals surface area contributed by atoms with Crippen LogP contribution in [-0.2, 0) is 24.2 Å². The highest BCUT2D eigenvalue weighted by atomic mass is 19.1. The number of nitrogens with zero attached hydrogens (tertiary/aromatic N) is 4. The average Bonchev–Trinajstić information content (AvgIpc) is 3.47. The van der Waals surface area contributed by atoms with Gasteiger partial charge in [0.05, 0.1) is 18.8 Å². The number of aromatic hydroxyl groups is 1. The summed E-state index contributed by atoms with van der Waals surface area (Å²) in [4.78, 5) is 35.0. The molecule has 2 aliphatic heterocycles. The fraction of sp³-hybridized carbons (Fsp3) is 0.268. The average molecular weight is 673 g/mol. The third kappa shape index (κ3) is 6.66. The van der Waals surface area contributed by atoms with E-state index in [0.29, 0.717) is 72.3 Å². The van der Waals surface area contributed by atoms with E-state index in [1.807, 2.05) is 65.8 Å². The summed E-state index contributed by atoms with van der Waals surface area (Å²) >= 11 is 0. The minimum atomic E-state index is -0.463. The number of anilines is 2. The molecule has 1 atom stereocenters. The second-order valence-electron chi connectivity index (χ2n) is 13.1. The van der Waals surface area contributed by atoms with Crippen molar-refractivity contribution in [2.24, 2.45) is 0 Å². The number of para-hydroxylation sites is 1. The van der Waals surface area contributed by atoms with Crippen molar-refractivity contribution >= 4 is 23.2 Å². The number of rotatable bonds is 8. The number of ether oxygens (including phenoxy) is 1. The minimum Gasteiger partial charge on any atom is -0.508 e. The van der Waals surface area contributed by atoms with Crippen molar-refractivity contribution in [3.63, 3.8) is 0 Å². The summed E-state index contributed by atoms with van der Waals surface area (Å²) in [7, 11) is 0. The van der Waals surface area contributed by atoms with E-state index in [0.717, 1.165) is 25.1 Å². The number of phenols is 1. The van der Waals surface area contributed by atoms with Crippen molar-refractivity contribution in [1.82, 2.24) is 14.4 Å². The first kappa shape index (κ1) is 33.3. The Morgan fingerprint density at radius 1 is 0.840 bits per heavy atom. The normalized spacial score (nSPS) is 16.2. The molecule has 2 aliphatic rings. The predicted octanol–water partition coefficient (Wildman–Crippen LogP) is 7.21. The van der Waals surface area contributed by atoms with Crippen LogP contribution in [0.4, 0.5) is 15.8 Å². The van der Waals surface area contributed by atoms with Gasteiger partial charge in [-0.2, -0.15) is 0 Å². The van der Waals surface area contributed by atoms with Crippen LogP contribution in [0.1, 0.15) is 44.5 Å². The van der Waals surface area contributed by atoms with Gasteiger partial charge in [-0.05, 0) is 92.1 Å². The van der Waals surface area contributed by atoms with Gasteiger partial charge in [0.15, 0.2) is 0 Å². The van der Waals surface area contributed by atoms with Crippen molar-refractivity contribution in [3.05, 3.63) is 137 Å². The molecule has 1 N–H and O–H groups in total. The molecule has 0 spiro atoms. The van der Waals surface area contributed by atoms with Crippen molar-refractivity contribution in [2.45, 2.75) is 39.4 Å². The first-order valence-electron chi connectivity index (χ1n) is 17.1. The summed E-state index contributed by atoms with van der Waals surface area (Å²) < 4.78 is 22.9. The maximum absolute atomic E-state index is 15.2. The van der Waals surface area contributed by atoms with E-state index in [1.165, 1.54) is 17.7 Å². The minimum absolute atomic E-state index is 0.0491. The third-order valence-electron chi connectivity index (χ3n) is 9.92. The zero-order valence-electron chi connectivity index (χ0n) is 28.4. The van der Waals surface area contributed by atoms with Crippen LogP contribution in [0.15, 0.2) is 103 Å². The molecule has 1 fully saturated rings. The molecule has 256 valence electrons. The summed E-state index contributed by atoms with van der Waals surface area (Å²) in [5.41, 5.74) is 6.16. The van der Waals surface area contributed by atoms with Gasteiger partial charge in [-0.15, -0.1) is 0 Å². The van der Waals surface area contributed by atoms with Crippen LogP contribution in [0.5, 0.6) is 5.75 Å². The van der Waals surface area contributed by atoms with Crippen LogP contribution in [0, 0.1) is 12.7 Å². The zero-order valence-corrected chi connectivity index (χ0v) is 28.4. The Hall–Kier alpha value is -5.25. The summed E-state index contributed by atoms with van der Waals surface area (Å²) in [6.07, 6.45) is 0.735. The molecule has 0 bridgehead atoms. The van der Waals surface area contributed by atoms with E-state index in [4.69, 9.17) is 4.74 Å². The molecule has 3 heterocycles. The Labute approximate surface area is 291 Å². The molecule has 5 aromatic rings. The molecular weight excluding hydrogens is 631 g/mol. The van der Waals surface area contributed by atoms with Crippen LogP contribution in [0.3, 0.4) is 0 Å². The molecular formula is C41H41FN4O4. The monoisotopic (exact) mass is 672 g/mol. The first-order valence-corrected chi connectivity index (χ1v) is 17.1. The quantitative estimate of drug-likeness (QED) is 0.189. The Morgan fingerprint density at radius 3 is 2.26 bits per heavy atom. The smallest absolute Gasteiger partial charge is 0.264 e. The number of carbonyl (C=O) groups is 2. The van der Waals surface area contributed by atoms with Crippen molar-refractivity contribution in [1.29, 1.82) is 0 Å². The third-order valence-corrected chi connectivity index (χ3v) is 9.92. The van der Waals surface area contributed by atoms with E-state index in [1.54, 1.807) is 41.3 Å². The molecule has 0 saturated carbocycles. The van der Waals surface area contributed by atoms with Crippen LogP contribution in [0.25, 0.3) is 11.3 Å². The topological polar surface area (TPSA) is 78.2 Å². The number of benzene rings is 4. The maximum Gasteiger partial charge on any atom is 0.264 e. The molecule has 4 aromatic carbocycles. The fourth-order valence-corrected chi connectivity index (χ4v) is 7.14.